The number of aromatic nitrogens is 1. The molecule has 0 saturated carbocycles. The second-order valence-corrected chi connectivity index (χ2v) is 9.06. The van der Waals surface area contributed by atoms with E-state index in [0.717, 1.165) is 12.5 Å². The van der Waals surface area contributed by atoms with E-state index in [9.17, 15) is 0 Å². The smallest absolute Gasteiger partial charge is 0.0361 e. The number of piperidine rings is 3. The maximum absolute atomic E-state index is 4.46. The van der Waals surface area contributed by atoms with E-state index in [1.807, 2.05) is 17.5 Å². The average molecular weight is 390 g/mol. The fraction of sp³-hybridized carbons (Fsp3) is 0.375. The lowest BCUT2D eigenvalue weighted by molar-refractivity contribution is 0.00474. The van der Waals surface area contributed by atoms with Crippen LogP contribution in [0.1, 0.15) is 34.8 Å². The van der Waals surface area contributed by atoms with Crippen LogP contribution in [0.4, 0.5) is 0 Å². The molecular formula is C24H27N3S. The van der Waals surface area contributed by atoms with Gasteiger partial charge in [0.25, 0.3) is 0 Å². The highest BCUT2D eigenvalue weighted by Crippen LogP contribution is 2.42. The normalized spacial score (nSPS) is 27.6. The van der Waals surface area contributed by atoms with Gasteiger partial charge < -0.3 is 5.32 Å². The van der Waals surface area contributed by atoms with Crippen molar-refractivity contribution in [2.24, 2.45) is 5.92 Å². The van der Waals surface area contributed by atoms with Crippen LogP contribution in [0.3, 0.4) is 0 Å². The summed E-state index contributed by atoms with van der Waals surface area (Å²) >= 11 is 1.85. The van der Waals surface area contributed by atoms with Crippen LogP contribution in [0, 0.1) is 5.92 Å². The largest absolute Gasteiger partial charge is 0.307 e. The minimum atomic E-state index is 0.346. The van der Waals surface area contributed by atoms with Crippen LogP contribution < -0.4 is 5.32 Å². The molecule has 3 atom stereocenters. The minimum absolute atomic E-state index is 0.346. The fourth-order valence-electron chi connectivity index (χ4n) is 5.23. The van der Waals surface area contributed by atoms with Crippen LogP contribution in [0.15, 0.2) is 72.4 Å². The molecule has 3 saturated heterocycles. The van der Waals surface area contributed by atoms with Crippen LogP contribution in [0.5, 0.6) is 0 Å². The Hall–Kier alpha value is -2.01. The maximum Gasteiger partial charge on any atom is 0.0361 e. The van der Waals surface area contributed by atoms with Gasteiger partial charge in [-0.05, 0) is 60.5 Å². The number of thiophene rings is 1. The van der Waals surface area contributed by atoms with Crippen molar-refractivity contribution in [3.05, 3.63) is 88.4 Å². The Morgan fingerprint density at radius 1 is 1.00 bits per heavy atom. The third-order valence-corrected chi connectivity index (χ3v) is 7.38. The summed E-state index contributed by atoms with van der Waals surface area (Å²) in [5, 5.41) is 6.15. The van der Waals surface area contributed by atoms with Crippen molar-refractivity contribution in [2.75, 3.05) is 13.1 Å². The van der Waals surface area contributed by atoms with E-state index in [4.69, 9.17) is 0 Å². The van der Waals surface area contributed by atoms with Gasteiger partial charge in [-0.15, -0.1) is 11.3 Å². The molecule has 28 heavy (non-hydrogen) atoms. The van der Waals surface area contributed by atoms with Gasteiger partial charge in [0.1, 0.15) is 0 Å². The lowest BCUT2D eigenvalue weighted by atomic mass is 9.70. The SMILES string of the molecule is c1ccc(C(c2cccnc2)C2C(NCc3cccs3)C3CCN2CC3)cc1. The summed E-state index contributed by atoms with van der Waals surface area (Å²) in [6.07, 6.45) is 6.57. The fourth-order valence-corrected chi connectivity index (χ4v) is 5.88. The van der Waals surface area contributed by atoms with Gasteiger partial charge in [0.2, 0.25) is 0 Å². The van der Waals surface area contributed by atoms with Gasteiger partial charge in [0.15, 0.2) is 0 Å². The van der Waals surface area contributed by atoms with Crippen molar-refractivity contribution >= 4 is 11.3 Å². The zero-order valence-corrected chi connectivity index (χ0v) is 16.9. The first-order chi connectivity index (χ1) is 13.9. The summed E-state index contributed by atoms with van der Waals surface area (Å²) in [5.74, 6) is 1.11. The Labute approximate surface area is 171 Å². The highest BCUT2D eigenvalue weighted by atomic mass is 32.1. The number of hydrogen-bond acceptors (Lipinski definition) is 4. The van der Waals surface area contributed by atoms with E-state index in [2.05, 4.69) is 81.4 Å². The average Bonchev–Trinajstić information content (AvgIpc) is 3.29. The van der Waals surface area contributed by atoms with Gasteiger partial charge in [0.05, 0.1) is 0 Å². The molecule has 2 aromatic heterocycles. The summed E-state index contributed by atoms with van der Waals surface area (Å²) in [7, 11) is 0. The maximum atomic E-state index is 4.46. The number of benzene rings is 1. The number of hydrogen-bond donors (Lipinski definition) is 1. The van der Waals surface area contributed by atoms with Crippen molar-refractivity contribution in [2.45, 2.75) is 37.4 Å². The van der Waals surface area contributed by atoms with Gasteiger partial charge in [0, 0.05) is 41.8 Å². The van der Waals surface area contributed by atoms with Gasteiger partial charge in [-0.25, -0.2) is 0 Å². The molecule has 6 rings (SSSR count). The van der Waals surface area contributed by atoms with E-state index in [1.54, 1.807) is 0 Å². The molecule has 3 unspecified atom stereocenters. The molecule has 3 aliphatic heterocycles. The van der Waals surface area contributed by atoms with Gasteiger partial charge in [-0.3, -0.25) is 9.88 Å². The van der Waals surface area contributed by atoms with E-state index in [1.165, 1.54) is 41.9 Å². The molecule has 3 aromatic rings. The lowest BCUT2D eigenvalue weighted by Crippen LogP contribution is -2.64. The van der Waals surface area contributed by atoms with Crippen LogP contribution in [0.2, 0.25) is 0 Å². The summed E-state index contributed by atoms with van der Waals surface area (Å²) in [6, 6.07) is 20.7. The Kier molecular flexibility index (Phi) is 5.26. The van der Waals surface area contributed by atoms with Crippen molar-refractivity contribution in [1.29, 1.82) is 0 Å². The second-order valence-electron chi connectivity index (χ2n) is 8.02. The summed E-state index contributed by atoms with van der Waals surface area (Å²) < 4.78 is 0. The second kappa shape index (κ2) is 8.16. The van der Waals surface area contributed by atoms with Gasteiger partial charge in [-0.1, -0.05) is 42.5 Å². The molecule has 0 amide bonds. The topological polar surface area (TPSA) is 28.2 Å². The van der Waals surface area contributed by atoms with Crippen LogP contribution >= 0.6 is 11.3 Å². The Bertz CT molecular complexity index is 818. The van der Waals surface area contributed by atoms with Crippen LogP contribution in [0.25, 0.3) is 0 Å². The minimum Gasteiger partial charge on any atom is -0.307 e. The summed E-state index contributed by atoms with van der Waals surface area (Å²) in [4.78, 5) is 8.62. The number of pyridine rings is 1. The number of nitrogens with zero attached hydrogens (tertiary/aromatic N) is 2. The van der Waals surface area contributed by atoms with Crippen molar-refractivity contribution in [3.63, 3.8) is 0 Å². The van der Waals surface area contributed by atoms with Crippen molar-refractivity contribution < 1.29 is 0 Å². The third-order valence-electron chi connectivity index (χ3n) is 6.51. The summed E-state index contributed by atoms with van der Waals surface area (Å²) in [6.45, 7) is 3.41. The van der Waals surface area contributed by atoms with Crippen LogP contribution in [-0.4, -0.2) is 35.1 Å². The van der Waals surface area contributed by atoms with Crippen molar-refractivity contribution in [1.82, 2.24) is 15.2 Å². The molecule has 144 valence electrons. The predicted octanol–water partition coefficient (Wildman–Crippen LogP) is 4.53. The zero-order valence-electron chi connectivity index (χ0n) is 16.1. The van der Waals surface area contributed by atoms with Gasteiger partial charge >= 0.3 is 0 Å². The third kappa shape index (κ3) is 3.52. The molecule has 1 aromatic carbocycles. The number of nitrogens with one attached hydrogen (secondary N) is 1. The standard InChI is InChI=1S/C24H27N3S/c1-2-6-18(7-3-1)22(20-8-4-12-25-16-20)24-23(19-10-13-27(24)14-11-19)26-17-21-9-5-15-28-21/h1-9,12,15-16,19,22-24,26H,10-11,13-14,17H2. The predicted molar refractivity (Wildman–Crippen MR) is 116 cm³/mol. The highest BCUT2D eigenvalue weighted by Gasteiger charge is 2.46. The molecule has 1 N–H and O–H groups in total. The van der Waals surface area contributed by atoms with Crippen LogP contribution in [-0.2, 0) is 6.54 Å². The van der Waals surface area contributed by atoms with E-state index < -0.39 is 0 Å². The van der Waals surface area contributed by atoms with E-state index >= 15 is 0 Å². The molecule has 2 bridgehead atoms. The summed E-state index contributed by atoms with van der Waals surface area (Å²) in [5.41, 5.74) is 2.73. The van der Waals surface area contributed by atoms with E-state index in [0.29, 0.717) is 18.0 Å². The quantitative estimate of drug-likeness (QED) is 0.671. The molecule has 4 heteroatoms. The highest BCUT2D eigenvalue weighted by molar-refractivity contribution is 7.09. The van der Waals surface area contributed by atoms with Gasteiger partial charge in [-0.2, -0.15) is 0 Å². The molecule has 5 heterocycles. The first-order valence-corrected chi connectivity index (χ1v) is 11.2. The Balaban J connectivity index is 1.51. The Morgan fingerprint density at radius 2 is 1.82 bits per heavy atom. The molecule has 3 fully saturated rings. The molecule has 0 spiro atoms. The molecule has 0 aliphatic carbocycles. The first-order valence-electron chi connectivity index (χ1n) is 10.3. The molecule has 3 aliphatic rings. The Morgan fingerprint density at radius 3 is 2.54 bits per heavy atom. The number of fused-ring (bicyclic) bond motifs is 3. The van der Waals surface area contributed by atoms with E-state index in [-0.39, 0.29) is 0 Å². The van der Waals surface area contributed by atoms with Crippen molar-refractivity contribution in [3.8, 4) is 0 Å². The molecule has 3 nitrogen and oxygen atoms in total. The molecule has 0 radical (unpaired) electrons. The zero-order chi connectivity index (χ0) is 18.8. The lowest BCUT2D eigenvalue weighted by Gasteiger charge is -2.54. The monoisotopic (exact) mass is 389 g/mol. The first kappa shape index (κ1) is 18.0. The number of rotatable bonds is 6. The molecular weight excluding hydrogens is 362 g/mol.